The van der Waals surface area contributed by atoms with Crippen LogP contribution >= 0.6 is 0 Å². The minimum atomic E-state index is -4.50. The van der Waals surface area contributed by atoms with Gasteiger partial charge < -0.3 is 21.1 Å². The van der Waals surface area contributed by atoms with E-state index < -0.39 is 23.7 Å². The Morgan fingerprint density at radius 3 is 2.71 bits per heavy atom. The Labute approximate surface area is 158 Å². The van der Waals surface area contributed by atoms with Crippen LogP contribution < -0.4 is 21.1 Å². The number of hydrogen-bond donors (Lipinski definition) is 3. The molecule has 0 aliphatic carbocycles. The summed E-state index contributed by atoms with van der Waals surface area (Å²) in [5.41, 5.74) is 4.71. The molecule has 1 amide bonds. The number of benzene rings is 1. The maximum Gasteiger partial charge on any atom is 0.416 e. The molecule has 0 saturated carbocycles. The normalized spacial score (nSPS) is 12.0. The van der Waals surface area contributed by atoms with E-state index >= 15 is 0 Å². The third-order valence-electron chi connectivity index (χ3n) is 3.49. The monoisotopic (exact) mass is 394 g/mol. The summed E-state index contributed by atoms with van der Waals surface area (Å²) in [6.45, 7) is 3.33. The van der Waals surface area contributed by atoms with Gasteiger partial charge in [-0.25, -0.2) is 0 Å². The van der Waals surface area contributed by atoms with E-state index in [1.807, 2.05) is 6.07 Å². The zero-order chi connectivity index (χ0) is 20.9. The molecule has 0 spiro atoms. The lowest BCUT2D eigenvalue weighted by Crippen LogP contribution is -2.32. The van der Waals surface area contributed by atoms with Gasteiger partial charge in [-0.2, -0.15) is 28.4 Å². The minimum Gasteiger partial charge on any atom is -0.477 e. The highest BCUT2D eigenvalue weighted by molar-refractivity contribution is 5.96. The molecule has 1 aromatic carbocycles. The van der Waals surface area contributed by atoms with Crippen LogP contribution in [-0.4, -0.2) is 28.5 Å². The second-order valence-corrected chi connectivity index (χ2v) is 5.59. The van der Waals surface area contributed by atoms with Crippen LogP contribution in [0.4, 0.5) is 30.6 Å². The predicted octanol–water partition coefficient (Wildman–Crippen LogP) is 2.79. The minimum absolute atomic E-state index is 0.0775. The average molecular weight is 394 g/mol. The van der Waals surface area contributed by atoms with Crippen molar-refractivity contribution in [3.63, 3.8) is 0 Å². The van der Waals surface area contributed by atoms with Gasteiger partial charge in [0.1, 0.15) is 12.1 Å². The van der Waals surface area contributed by atoms with Gasteiger partial charge in [-0.05, 0) is 32.0 Å². The van der Waals surface area contributed by atoms with E-state index in [2.05, 4.69) is 20.6 Å². The van der Waals surface area contributed by atoms with Crippen molar-refractivity contribution in [3.8, 4) is 11.9 Å². The molecule has 1 aromatic heterocycles. The van der Waals surface area contributed by atoms with Gasteiger partial charge in [0, 0.05) is 5.69 Å². The van der Waals surface area contributed by atoms with Crippen LogP contribution in [0.3, 0.4) is 0 Å². The van der Waals surface area contributed by atoms with Crippen LogP contribution in [-0.2, 0) is 11.0 Å². The maximum absolute atomic E-state index is 12.8. The van der Waals surface area contributed by atoms with Crippen molar-refractivity contribution in [2.24, 2.45) is 0 Å². The molecular weight excluding hydrogens is 377 g/mol. The standard InChI is InChI=1S/C17H17F3N6O2/c1-3-28-15-12(8-21)13(25-16(22)26-15)24-14(27)9(2)23-11-6-4-5-10(7-11)17(18,19)20/h4-7,9,23H,3H2,1-2H3,(H3,22,24,25,26,27)/t9-/m0/s1. The number of nitrogen functional groups attached to an aromatic ring is 1. The van der Waals surface area contributed by atoms with Gasteiger partial charge >= 0.3 is 6.18 Å². The molecule has 148 valence electrons. The molecule has 28 heavy (non-hydrogen) atoms. The zero-order valence-electron chi connectivity index (χ0n) is 15.0. The van der Waals surface area contributed by atoms with Gasteiger partial charge in [-0.15, -0.1) is 0 Å². The highest BCUT2D eigenvalue weighted by Gasteiger charge is 2.30. The number of aromatic nitrogens is 2. The predicted molar refractivity (Wildman–Crippen MR) is 95.5 cm³/mol. The van der Waals surface area contributed by atoms with Crippen molar-refractivity contribution in [1.29, 1.82) is 5.26 Å². The number of alkyl halides is 3. The first-order valence-electron chi connectivity index (χ1n) is 8.10. The van der Waals surface area contributed by atoms with Gasteiger partial charge in [-0.3, -0.25) is 4.79 Å². The van der Waals surface area contributed by atoms with Crippen LogP contribution in [0.25, 0.3) is 0 Å². The first kappa shape index (κ1) is 20.8. The molecule has 1 atom stereocenters. The molecule has 0 aliphatic rings. The number of nitrogens with zero attached hydrogens (tertiary/aromatic N) is 3. The fourth-order valence-corrected chi connectivity index (χ4v) is 2.21. The molecule has 0 aliphatic heterocycles. The smallest absolute Gasteiger partial charge is 0.416 e. The van der Waals surface area contributed by atoms with E-state index in [0.29, 0.717) is 0 Å². The Morgan fingerprint density at radius 2 is 2.11 bits per heavy atom. The fourth-order valence-electron chi connectivity index (χ4n) is 2.21. The molecule has 0 radical (unpaired) electrons. The number of nitrogens with two attached hydrogens (primary N) is 1. The molecule has 11 heteroatoms. The fraction of sp³-hybridized carbons (Fsp3) is 0.294. The Kier molecular flexibility index (Phi) is 6.25. The number of rotatable bonds is 6. The maximum atomic E-state index is 12.8. The lowest BCUT2D eigenvalue weighted by atomic mass is 10.2. The van der Waals surface area contributed by atoms with Gasteiger partial charge in [0.05, 0.1) is 12.2 Å². The van der Waals surface area contributed by atoms with Crippen molar-refractivity contribution in [3.05, 3.63) is 35.4 Å². The topological polar surface area (TPSA) is 126 Å². The SMILES string of the molecule is CCOc1nc(N)nc(NC(=O)[C@H](C)Nc2cccc(C(F)(F)F)c2)c1C#N. The molecule has 2 rings (SSSR count). The number of anilines is 3. The molecule has 1 heterocycles. The number of nitrogens with one attached hydrogen (secondary N) is 2. The number of amides is 1. The zero-order valence-corrected chi connectivity index (χ0v) is 15.0. The van der Waals surface area contributed by atoms with Crippen molar-refractivity contribution < 1.29 is 22.7 Å². The van der Waals surface area contributed by atoms with Crippen LogP contribution in [0, 0.1) is 11.3 Å². The summed E-state index contributed by atoms with van der Waals surface area (Å²) in [7, 11) is 0. The number of ether oxygens (including phenoxy) is 1. The van der Waals surface area contributed by atoms with Gasteiger partial charge in [-0.1, -0.05) is 6.07 Å². The average Bonchev–Trinajstić information content (AvgIpc) is 2.61. The van der Waals surface area contributed by atoms with E-state index in [-0.39, 0.29) is 35.5 Å². The summed E-state index contributed by atoms with van der Waals surface area (Å²) in [4.78, 5) is 20.0. The quantitative estimate of drug-likeness (QED) is 0.688. The lowest BCUT2D eigenvalue weighted by molar-refractivity contribution is -0.137. The van der Waals surface area contributed by atoms with E-state index in [9.17, 15) is 23.2 Å². The number of nitriles is 1. The molecule has 0 saturated heterocycles. The van der Waals surface area contributed by atoms with E-state index in [0.717, 1.165) is 12.1 Å². The Balaban J connectivity index is 2.19. The van der Waals surface area contributed by atoms with E-state index in [1.54, 1.807) is 6.92 Å². The molecule has 4 N–H and O–H groups in total. The Morgan fingerprint density at radius 1 is 1.39 bits per heavy atom. The van der Waals surface area contributed by atoms with E-state index in [1.165, 1.54) is 19.1 Å². The highest BCUT2D eigenvalue weighted by atomic mass is 19.4. The summed E-state index contributed by atoms with van der Waals surface area (Å²) in [6, 6.07) is 5.32. The van der Waals surface area contributed by atoms with Crippen LogP contribution in [0.5, 0.6) is 5.88 Å². The first-order valence-corrected chi connectivity index (χ1v) is 8.10. The molecule has 0 unspecified atom stereocenters. The number of hydrogen-bond acceptors (Lipinski definition) is 7. The van der Waals surface area contributed by atoms with Crippen molar-refractivity contribution >= 4 is 23.4 Å². The molecule has 8 nitrogen and oxygen atoms in total. The number of carbonyl (C=O) groups is 1. The van der Waals surface area contributed by atoms with Gasteiger partial charge in [0.15, 0.2) is 11.4 Å². The Hall–Kier alpha value is -3.55. The van der Waals surface area contributed by atoms with Crippen LogP contribution in [0.15, 0.2) is 24.3 Å². The first-order chi connectivity index (χ1) is 13.2. The number of halogens is 3. The van der Waals surface area contributed by atoms with Crippen LogP contribution in [0.2, 0.25) is 0 Å². The van der Waals surface area contributed by atoms with Crippen molar-refractivity contribution in [1.82, 2.24) is 9.97 Å². The Bertz CT molecular complexity index is 911. The van der Waals surface area contributed by atoms with Gasteiger partial charge in [0.2, 0.25) is 17.7 Å². The second kappa shape index (κ2) is 8.43. The summed E-state index contributed by atoms with van der Waals surface area (Å²) >= 11 is 0. The summed E-state index contributed by atoms with van der Waals surface area (Å²) in [6.07, 6.45) is -4.50. The summed E-state index contributed by atoms with van der Waals surface area (Å²) in [5.74, 6) is -1.09. The molecule has 0 fully saturated rings. The molecule has 2 aromatic rings. The van der Waals surface area contributed by atoms with Gasteiger partial charge in [0.25, 0.3) is 0 Å². The second-order valence-electron chi connectivity index (χ2n) is 5.59. The number of carbonyl (C=O) groups excluding carboxylic acids is 1. The third-order valence-corrected chi connectivity index (χ3v) is 3.49. The van der Waals surface area contributed by atoms with Crippen LogP contribution in [0.1, 0.15) is 25.0 Å². The van der Waals surface area contributed by atoms with E-state index in [4.69, 9.17) is 10.5 Å². The highest BCUT2D eigenvalue weighted by Crippen LogP contribution is 2.31. The lowest BCUT2D eigenvalue weighted by Gasteiger charge is -2.17. The molecule has 0 bridgehead atoms. The summed E-state index contributed by atoms with van der Waals surface area (Å²) in [5, 5.41) is 14.4. The largest absolute Gasteiger partial charge is 0.477 e. The molecular formula is C17H17F3N6O2. The van der Waals surface area contributed by atoms with Crippen molar-refractivity contribution in [2.75, 3.05) is 23.0 Å². The summed E-state index contributed by atoms with van der Waals surface area (Å²) < 4.78 is 43.6. The van der Waals surface area contributed by atoms with Crippen molar-refractivity contribution in [2.45, 2.75) is 26.1 Å². The third kappa shape index (κ3) is 5.00.